The number of rotatable bonds is 9. The van der Waals surface area contributed by atoms with E-state index in [1.54, 1.807) is 20.4 Å². The van der Waals surface area contributed by atoms with E-state index in [9.17, 15) is 4.79 Å². The number of aromatic nitrogens is 1. The molecule has 0 saturated carbocycles. The van der Waals surface area contributed by atoms with Crippen molar-refractivity contribution < 1.29 is 14.3 Å². The first-order chi connectivity index (χ1) is 13.6. The molecular formula is C21H24N4O3. The van der Waals surface area contributed by atoms with Gasteiger partial charge in [-0.1, -0.05) is 24.3 Å². The first-order valence-corrected chi connectivity index (χ1v) is 8.95. The van der Waals surface area contributed by atoms with Crippen LogP contribution in [0.1, 0.15) is 17.5 Å². The highest BCUT2D eigenvalue weighted by atomic mass is 16.5. The average Bonchev–Trinajstić information content (AvgIpc) is 3.07. The van der Waals surface area contributed by atoms with Gasteiger partial charge in [0.1, 0.15) is 0 Å². The Kier molecular flexibility index (Phi) is 6.16. The maximum atomic E-state index is 11.1. The van der Waals surface area contributed by atoms with E-state index >= 15 is 0 Å². The topological polar surface area (TPSA) is 90.9 Å². The summed E-state index contributed by atoms with van der Waals surface area (Å²) >= 11 is 0. The zero-order valence-corrected chi connectivity index (χ0v) is 16.0. The molecule has 0 aliphatic heterocycles. The van der Waals surface area contributed by atoms with Crippen molar-refractivity contribution in [3.8, 4) is 11.5 Å². The lowest BCUT2D eigenvalue weighted by Crippen LogP contribution is -2.13. The summed E-state index contributed by atoms with van der Waals surface area (Å²) in [5.74, 6) is 1.06. The Hall–Kier alpha value is -3.48. The molecule has 0 fully saturated rings. The maximum Gasteiger partial charge on any atom is 0.219 e. The van der Waals surface area contributed by atoms with Gasteiger partial charge in [-0.25, -0.2) is 0 Å². The van der Waals surface area contributed by atoms with Gasteiger partial charge in [0.25, 0.3) is 0 Å². The summed E-state index contributed by atoms with van der Waals surface area (Å²) in [4.78, 5) is 11.1. The molecule has 0 aliphatic carbocycles. The first kappa shape index (κ1) is 19.3. The number of hydrogen-bond donors (Lipinski definition) is 2. The minimum Gasteiger partial charge on any atom is -0.493 e. The Labute approximate surface area is 163 Å². The number of hydrazone groups is 1. The van der Waals surface area contributed by atoms with Crippen molar-refractivity contribution in [2.45, 2.75) is 19.5 Å². The van der Waals surface area contributed by atoms with E-state index < -0.39 is 0 Å². The van der Waals surface area contributed by atoms with Crippen LogP contribution in [-0.4, -0.2) is 30.9 Å². The Morgan fingerprint density at radius 3 is 2.71 bits per heavy atom. The molecule has 28 heavy (non-hydrogen) atoms. The molecule has 0 bridgehead atoms. The number of fused-ring (bicyclic) bond motifs is 1. The van der Waals surface area contributed by atoms with E-state index in [1.807, 2.05) is 53.2 Å². The van der Waals surface area contributed by atoms with Crippen LogP contribution in [0, 0.1) is 0 Å². The number of nitrogens with zero attached hydrogens (tertiary/aromatic N) is 2. The van der Waals surface area contributed by atoms with Crippen molar-refractivity contribution in [3.05, 3.63) is 59.8 Å². The number of nitrogens with one attached hydrogen (secondary N) is 1. The molecule has 7 heteroatoms. The number of methoxy groups -OCH3 is 2. The molecule has 0 atom stereocenters. The van der Waals surface area contributed by atoms with E-state index in [4.69, 9.17) is 15.2 Å². The normalized spacial score (nSPS) is 11.1. The fourth-order valence-corrected chi connectivity index (χ4v) is 3.04. The van der Waals surface area contributed by atoms with Crippen LogP contribution in [0.4, 0.5) is 0 Å². The van der Waals surface area contributed by atoms with Gasteiger partial charge in [0.2, 0.25) is 5.91 Å². The Balaban J connectivity index is 1.70. The number of primary amides is 1. The van der Waals surface area contributed by atoms with Crippen molar-refractivity contribution in [1.82, 2.24) is 9.99 Å². The van der Waals surface area contributed by atoms with Crippen molar-refractivity contribution in [3.63, 3.8) is 0 Å². The molecule has 0 unspecified atom stereocenters. The highest BCUT2D eigenvalue weighted by Gasteiger charge is 2.07. The Morgan fingerprint density at radius 1 is 1.18 bits per heavy atom. The molecule has 1 heterocycles. The van der Waals surface area contributed by atoms with Crippen LogP contribution in [0.5, 0.6) is 11.5 Å². The summed E-state index contributed by atoms with van der Waals surface area (Å²) in [6.07, 6.45) is 4.06. The fraction of sp³-hybridized carbons (Fsp3) is 0.238. The molecule has 3 N–H and O–H groups in total. The van der Waals surface area contributed by atoms with Crippen molar-refractivity contribution in [1.29, 1.82) is 0 Å². The lowest BCUT2D eigenvalue weighted by molar-refractivity contribution is -0.118. The standard InChI is InChI=1S/C21H24N4O3/c1-27-19-8-7-15(11-20(19)28-2)12-23-24-13-16-14-25(10-9-21(22)26)18-6-4-3-5-17(16)18/h3-8,11,13-14,23H,9-10,12H2,1-2H3,(H2,22,26)/b24-13-. The van der Waals surface area contributed by atoms with Gasteiger partial charge in [0, 0.05) is 35.6 Å². The van der Waals surface area contributed by atoms with Crippen LogP contribution < -0.4 is 20.6 Å². The number of hydrogen-bond acceptors (Lipinski definition) is 5. The zero-order chi connectivity index (χ0) is 19.9. The number of benzene rings is 2. The SMILES string of the molecule is COc1ccc(CN/N=C\c2cn(CCC(N)=O)c3ccccc23)cc1OC. The Bertz CT molecular complexity index is 994. The first-order valence-electron chi connectivity index (χ1n) is 8.95. The summed E-state index contributed by atoms with van der Waals surface area (Å²) in [7, 11) is 3.22. The number of carbonyl (C=O) groups excluding carboxylic acids is 1. The number of amides is 1. The second-order valence-electron chi connectivity index (χ2n) is 6.29. The van der Waals surface area contributed by atoms with E-state index in [2.05, 4.69) is 10.5 Å². The average molecular weight is 380 g/mol. The van der Waals surface area contributed by atoms with Gasteiger partial charge in [0.15, 0.2) is 11.5 Å². The molecule has 3 rings (SSSR count). The van der Waals surface area contributed by atoms with E-state index in [0.29, 0.717) is 31.0 Å². The lowest BCUT2D eigenvalue weighted by Gasteiger charge is -2.09. The van der Waals surface area contributed by atoms with E-state index in [1.165, 1.54) is 0 Å². The predicted molar refractivity (Wildman–Crippen MR) is 110 cm³/mol. The number of aryl methyl sites for hydroxylation is 1. The summed E-state index contributed by atoms with van der Waals surface area (Å²) in [6.45, 7) is 1.10. The van der Waals surface area contributed by atoms with Gasteiger partial charge in [-0.15, -0.1) is 0 Å². The molecule has 1 aromatic heterocycles. The molecule has 0 radical (unpaired) electrons. The van der Waals surface area contributed by atoms with Gasteiger partial charge in [0.05, 0.1) is 27.0 Å². The van der Waals surface area contributed by atoms with Crippen LogP contribution in [0.3, 0.4) is 0 Å². The minimum absolute atomic E-state index is 0.298. The predicted octanol–water partition coefficient (Wildman–Crippen LogP) is 2.66. The summed E-state index contributed by atoms with van der Waals surface area (Å²) in [5, 5.41) is 5.41. The largest absolute Gasteiger partial charge is 0.493 e. The summed E-state index contributed by atoms with van der Waals surface area (Å²) in [5.41, 5.74) is 11.4. The van der Waals surface area contributed by atoms with Crippen LogP contribution in [0.2, 0.25) is 0 Å². The number of para-hydroxylation sites is 1. The molecular weight excluding hydrogens is 356 g/mol. The number of nitrogens with two attached hydrogens (primary N) is 1. The number of carbonyl (C=O) groups is 1. The smallest absolute Gasteiger partial charge is 0.219 e. The minimum atomic E-state index is -0.315. The van der Waals surface area contributed by atoms with Gasteiger partial charge in [-0.3, -0.25) is 4.79 Å². The van der Waals surface area contributed by atoms with Gasteiger partial charge in [-0.2, -0.15) is 5.10 Å². The second kappa shape index (κ2) is 8.94. The van der Waals surface area contributed by atoms with Crippen LogP contribution in [0.25, 0.3) is 10.9 Å². The number of ether oxygens (including phenoxy) is 2. The molecule has 1 amide bonds. The highest BCUT2D eigenvalue weighted by molar-refractivity contribution is 5.99. The third-order valence-corrected chi connectivity index (χ3v) is 4.44. The Morgan fingerprint density at radius 2 is 1.96 bits per heavy atom. The second-order valence-corrected chi connectivity index (χ2v) is 6.29. The van der Waals surface area contributed by atoms with Crippen molar-refractivity contribution in [2.75, 3.05) is 14.2 Å². The van der Waals surface area contributed by atoms with Crippen molar-refractivity contribution in [2.24, 2.45) is 10.8 Å². The molecule has 0 saturated heterocycles. The molecule has 0 spiro atoms. The van der Waals surface area contributed by atoms with Gasteiger partial charge >= 0.3 is 0 Å². The molecule has 3 aromatic rings. The third kappa shape index (κ3) is 4.43. The van der Waals surface area contributed by atoms with Gasteiger partial charge < -0.3 is 25.2 Å². The zero-order valence-electron chi connectivity index (χ0n) is 16.0. The van der Waals surface area contributed by atoms with Crippen LogP contribution >= 0.6 is 0 Å². The maximum absolute atomic E-state index is 11.1. The van der Waals surface area contributed by atoms with Gasteiger partial charge in [-0.05, 0) is 23.8 Å². The third-order valence-electron chi connectivity index (χ3n) is 4.44. The van der Waals surface area contributed by atoms with Crippen LogP contribution in [-0.2, 0) is 17.9 Å². The van der Waals surface area contributed by atoms with Crippen molar-refractivity contribution >= 4 is 23.0 Å². The monoisotopic (exact) mass is 380 g/mol. The molecule has 146 valence electrons. The summed E-state index contributed by atoms with van der Waals surface area (Å²) < 4.78 is 12.6. The quantitative estimate of drug-likeness (QED) is 0.441. The van der Waals surface area contributed by atoms with E-state index in [-0.39, 0.29) is 5.91 Å². The molecule has 2 aromatic carbocycles. The molecule has 7 nitrogen and oxygen atoms in total. The fourth-order valence-electron chi connectivity index (χ4n) is 3.04. The van der Waals surface area contributed by atoms with E-state index in [0.717, 1.165) is 22.0 Å². The van der Waals surface area contributed by atoms with Crippen LogP contribution in [0.15, 0.2) is 53.8 Å². The highest BCUT2D eigenvalue weighted by Crippen LogP contribution is 2.27. The summed E-state index contributed by atoms with van der Waals surface area (Å²) in [6, 6.07) is 13.7. The molecule has 0 aliphatic rings. The lowest BCUT2D eigenvalue weighted by atomic mass is 10.2.